The number of benzene rings is 1. The molecule has 16 heavy (non-hydrogen) atoms. The van der Waals surface area contributed by atoms with E-state index < -0.39 is 12.0 Å². The Morgan fingerprint density at radius 2 is 1.81 bits per heavy atom. The molecule has 0 aliphatic heterocycles. The van der Waals surface area contributed by atoms with Gasteiger partial charge in [0.05, 0.1) is 0 Å². The normalized spacial score (nSPS) is 11.9. The molecule has 0 amide bonds. The van der Waals surface area contributed by atoms with Gasteiger partial charge in [-0.3, -0.25) is 4.79 Å². The molecule has 0 saturated heterocycles. The Morgan fingerprint density at radius 3 is 2.31 bits per heavy atom. The average Bonchev–Trinajstić information content (AvgIpc) is 2.15. The lowest BCUT2D eigenvalue weighted by Crippen LogP contribution is -2.25. The van der Waals surface area contributed by atoms with Crippen LogP contribution in [0, 0.1) is 0 Å². The number of Topliss-reactive ketones (excluding diaryl/α,β-unsaturated/α-hetero) is 1. The van der Waals surface area contributed by atoms with Crippen molar-refractivity contribution >= 4 is 5.78 Å². The number of nitrogens with zero attached hydrogens (tertiary/aromatic N) is 1. The van der Waals surface area contributed by atoms with Crippen LogP contribution in [-0.2, 0) is 6.54 Å². The van der Waals surface area contributed by atoms with Crippen molar-refractivity contribution in [3.05, 3.63) is 35.4 Å². The molecule has 0 aliphatic carbocycles. The molecule has 0 fully saturated rings. The maximum atomic E-state index is 12.3. The van der Waals surface area contributed by atoms with Gasteiger partial charge < -0.3 is 4.90 Å². The van der Waals surface area contributed by atoms with Crippen molar-refractivity contribution in [2.75, 3.05) is 14.1 Å². The fourth-order valence-electron chi connectivity index (χ4n) is 1.37. The van der Waals surface area contributed by atoms with E-state index in [1.165, 1.54) is 18.2 Å². The van der Waals surface area contributed by atoms with Gasteiger partial charge >= 0.3 is 6.18 Å². The monoisotopic (exact) mass is 231 g/mol. The molecule has 0 radical (unpaired) electrons. The Kier molecular flexibility index (Phi) is 3.70. The van der Waals surface area contributed by atoms with Gasteiger partial charge in [-0.2, -0.15) is 13.2 Å². The Bertz CT molecular complexity index is 385. The Labute approximate surface area is 91.7 Å². The Balaban J connectivity index is 3.09. The average molecular weight is 231 g/mol. The van der Waals surface area contributed by atoms with E-state index in [1.54, 1.807) is 25.1 Å². The van der Waals surface area contributed by atoms with Crippen LogP contribution in [0.15, 0.2) is 24.3 Å². The lowest BCUT2D eigenvalue weighted by atomic mass is 10.0. The number of ketones is 1. The van der Waals surface area contributed by atoms with Gasteiger partial charge in [0.15, 0.2) is 0 Å². The van der Waals surface area contributed by atoms with E-state index in [2.05, 4.69) is 0 Å². The number of alkyl halides is 3. The first-order chi connectivity index (χ1) is 7.32. The third-order valence-corrected chi connectivity index (χ3v) is 2.01. The summed E-state index contributed by atoms with van der Waals surface area (Å²) < 4.78 is 36.9. The van der Waals surface area contributed by atoms with Gasteiger partial charge in [0, 0.05) is 12.1 Å². The smallest absolute Gasteiger partial charge is 0.305 e. The molecular formula is C11H12F3NO. The SMILES string of the molecule is CN(C)Cc1ccccc1C(=O)C(F)(F)F. The fourth-order valence-corrected chi connectivity index (χ4v) is 1.37. The van der Waals surface area contributed by atoms with Crippen LogP contribution >= 0.6 is 0 Å². The van der Waals surface area contributed by atoms with Crippen LogP contribution in [0.1, 0.15) is 15.9 Å². The summed E-state index contributed by atoms with van der Waals surface area (Å²) in [7, 11) is 3.46. The molecule has 0 spiro atoms. The third-order valence-electron chi connectivity index (χ3n) is 2.01. The maximum absolute atomic E-state index is 12.3. The van der Waals surface area contributed by atoms with Crippen molar-refractivity contribution in [2.24, 2.45) is 0 Å². The zero-order valence-corrected chi connectivity index (χ0v) is 9.01. The minimum absolute atomic E-state index is 0.274. The second-order valence-electron chi connectivity index (χ2n) is 3.72. The second kappa shape index (κ2) is 4.65. The fraction of sp³-hybridized carbons (Fsp3) is 0.364. The van der Waals surface area contributed by atoms with Crippen molar-refractivity contribution in [1.29, 1.82) is 0 Å². The minimum atomic E-state index is -4.82. The number of rotatable bonds is 3. The number of hydrogen-bond donors (Lipinski definition) is 0. The zero-order chi connectivity index (χ0) is 12.3. The van der Waals surface area contributed by atoms with Gasteiger partial charge in [0.1, 0.15) is 0 Å². The van der Waals surface area contributed by atoms with E-state index in [-0.39, 0.29) is 5.56 Å². The molecule has 2 nitrogen and oxygen atoms in total. The van der Waals surface area contributed by atoms with E-state index in [9.17, 15) is 18.0 Å². The standard InChI is InChI=1S/C11H12F3NO/c1-15(2)7-8-5-3-4-6-9(8)10(16)11(12,13)14/h3-6H,7H2,1-2H3. The van der Waals surface area contributed by atoms with Crippen LogP contribution in [0.3, 0.4) is 0 Å². The van der Waals surface area contributed by atoms with Gasteiger partial charge in [0.25, 0.3) is 5.78 Å². The van der Waals surface area contributed by atoms with Crippen LogP contribution in [-0.4, -0.2) is 31.0 Å². The number of carbonyl (C=O) groups is 1. The molecule has 1 rings (SSSR count). The summed E-state index contributed by atoms with van der Waals surface area (Å²) in [6.07, 6.45) is -4.82. The van der Waals surface area contributed by atoms with Crippen LogP contribution in [0.2, 0.25) is 0 Å². The van der Waals surface area contributed by atoms with E-state index in [1.807, 2.05) is 0 Å². The minimum Gasteiger partial charge on any atom is -0.305 e. The summed E-state index contributed by atoms with van der Waals surface area (Å²) in [5, 5.41) is 0. The van der Waals surface area contributed by atoms with Crippen LogP contribution < -0.4 is 0 Å². The zero-order valence-electron chi connectivity index (χ0n) is 9.01. The molecule has 0 atom stereocenters. The summed E-state index contributed by atoms with van der Waals surface area (Å²) in [4.78, 5) is 12.8. The highest BCUT2D eigenvalue weighted by Gasteiger charge is 2.40. The van der Waals surface area contributed by atoms with Crippen LogP contribution in [0.4, 0.5) is 13.2 Å². The lowest BCUT2D eigenvalue weighted by Gasteiger charge is -2.14. The van der Waals surface area contributed by atoms with Gasteiger partial charge in [-0.05, 0) is 19.7 Å². The summed E-state index contributed by atoms with van der Waals surface area (Å²) in [5.74, 6) is -1.79. The van der Waals surface area contributed by atoms with Crippen LogP contribution in [0.5, 0.6) is 0 Å². The molecule has 0 aromatic heterocycles. The summed E-state index contributed by atoms with van der Waals surface area (Å²) in [5.41, 5.74) is 0.110. The predicted molar refractivity (Wildman–Crippen MR) is 54.2 cm³/mol. The second-order valence-corrected chi connectivity index (χ2v) is 3.72. The van der Waals surface area contributed by atoms with Crippen molar-refractivity contribution in [1.82, 2.24) is 4.90 Å². The summed E-state index contributed by atoms with van der Waals surface area (Å²) in [6, 6.07) is 5.78. The quantitative estimate of drug-likeness (QED) is 0.745. The highest BCUT2D eigenvalue weighted by molar-refractivity contribution is 6.01. The topological polar surface area (TPSA) is 20.3 Å². The van der Waals surface area contributed by atoms with Crippen molar-refractivity contribution in [2.45, 2.75) is 12.7 Å². The first-order valence-electron chi connectivity index (χ1n) is 4.66. The molecule has 5 heteroatoms. The third kappa shape index (κ3) is 3.06. The highest BCUT2D eigenvalue weighted by atomic mass is 19.4. The lowest BCUT2D eigenvalue weighted by molar-refractivity contribution is -0.0886. The molecule has 0 heterocycles. The Morgan fingerprint density at radius 1 is 1.25 bits per heavy atom. The molecular weight excluding hydrogens is 219 g/mol. The van der Waals surface area contributed by atoms with Gasteiger partial charge in [0.2, 0.25) is 0 Å². The first kappa shape index (κ1) is 12.7. The van der Waals surface area contributed by atoms with Gasteiger partial charge in [-0.1, -0.05) is 24.3 Å². The first-order valence-corrected chi connectivity index (χ1v) is 4.66. The van der Waals surface area contributed by atoms with Crippen molar-refractivity contribution < 1.29 is 18.0 Å². The maximum Gasteiger partial charge on any atom is 0.454 e. The largest absolute Gasteiger partial charge is 0.454 e. The van der Waals surface area contributed by atoms with E-state index >= 15 is 0 Å². The number of hydrogen-bond acceptors (Lipinski definition) is 2. The number of halogens is 3. The molecule has 1 aromatic carbocycles. The highest BCUT2D eigenvalue weighted by Crippen LogP contribution is 2.23. The number of carbonyl (C=O) groups excluding carboxylic acids is 1. The van der Waals surface area contributed by atoms with E-state index in [0.717, 1.165) is 0 Å². The van der Waals surface area contributed by atoms with E-state index in [0.29, 0.717) is 12.1 Å². The van der Waals surface area contributed by atoms with Crippen molar-refractivity contribution in [3.63, 3.8) is 0 Å². The molecule has 88 valence electrons. The van der Waals surface area contributed by atoms with Crippen molar-refractivity contribution in [3.8, 4) is 0 Å². The van der Waals surface area contributed by atoms with Gasteiger partial charge in [-0.25, -0.2) is 0 Å². The molecule has 0 N–H and O–H groups in total. The molecule has 0 saturated carbocycles. The van der Waals surface area contributed by atoms with E-state index in [4.69, 9.17) is 0 Å². The molecule has 0 unspecified atom stereocenters. The Hall–Kier alpha value is -1.36. The predicted octanol–water partition coefficient (Wildman–Crippen LogP) is 2.49. The summed E-state index contributed by atoms with van der Waals surface area (Å²) in [6.45, 7) is 0.304. The summed E-state index contributed by atoms with van der Waals surface area (Å²) >= 11 is 0. The van der Waals surface area contributed by atoms with Crippen LogP contribution in [0.25, 0.3) is 0 Å². The molecule has 0 bridgehead atoms. The van der Waals surface area contributed by atoms with Gasteiger partial charge in [-0.15, -0.1) is 0 Å². The molecule has 1 aromatic rings. The molecule has 0 aliphatic rings.